The maximum atomic E-state index is 12.2. The van der Waals surface area contributed by atoms with E-state index in [1.807, 2.05) is 11.3 Å². The van der Waals surface area contributed by atoms with E-state index in [0.717, 1.165) is 48.4 Å². The molecule has 5 nitrogen and oxygen atoms in total. The Labute approximate surface area is 127 Å². The summed E-state index contributed by atoms with van der Waals surface area (Å²) in [5.41, 5.74) is 4.12. The van der Waals surface area contributed by atoms with Crippen LogP contribution in [0.1, 0.15) is 50.2 Å². The second-order valence-corrected chi connectivity index (χ2v) is 6.89. The summed E-state index contributed by atoms with van der Waals surface area (Å²) in [7, 11) is 0. The number of rotatable bonds is 4. The Hall–Kier alpha value is -1.69. The predicted molar refractivity (Wildman–Crippen MR) is 80.8 cm³/mol. The maximum absolute atomic E-state index is 12.2. The van der Waals surface area contributed by atoms with Gasteiger partial charge in [-0.1, -0.05) is 0 Å². The Balaban J connectivity index is 1.35. The number of nitrogens with one attached hydrogen (secondary N) is 2. The highest BCUT2D eigenvalue weighted by Crippen LogP contribution is 2.27. The zero-order chi connectivity index (χ0) is 14.2. The molecule has 0 fully saturated rings. The fourth-order valence-corrected chi connectivity index (χ4v) is 4.38. The van der Waals surface area contributed by atoms with E-state index in [0.29, 0.717) is 12.2 Å². The van der Waals surface area contributed by atoms with Crippen LogP contribution in [-0.4, -0.2) is 27.6 Å². The minimum Gasteiger partial charge on any atom is -0.350 e. The fourth-order valence-electron chi connectivity index (χ4n) is 3.22. The molecule has 0 unspecified atom stereocenters. The van der Waals surface area contributed by atoms with Gasteiger partial charge in [0.1, 0.15) is 0 Å². The number of amides is 1. The largest absolute Gasteiger partial charge is 0.350 e. The van der Waals surface area contributed by atoms with Crippen LogP contribution in [0.15, 0.2) is 0 Å². The van der Waals surface area contributed by atoms with Gasteiger partial charge in [0.05, 0.1) is 10.7 Å². The molecule has 0 saturated heterocycles. The van der Waals surface area contributed by atoms with Gasteiger partial charge in [0.25, 0.3) is 5.91 Å². The van der Waals surface area contributed by atoms with E-state index in [4.69, 9.17) is 0 Å². The van der Waals surface area contributed by atoms with Crippen LogP contribution in [0.4, 0.5) is 0 Å². The second kappa shape index (κ2) is 5.26. The van der Waals surface area contributed by atoms with Crippen LogP contribution < -0.4 is 5.32 Å². The smallest absolute Gasteiger partial charge is 0.272 e. The highest BCUT2D eigenvalue weighted by molar-refractivity contribution is 7.11. The monoisotopic (exact) mass is 302 g/mol. The molecular formula is C15H18N4OS. The normalized spacial score (nSPS) is 16.0. The molecule has 0 spiro atoms. The molecule has 1 amide bonds. The SMILES string of the molecule is O=C(NCCc1nc2c(s1)CCC2)c1n[nH]c2c1CCC2. The summed E-state index contributed by atoms with van der Waals surface area (Å²) in [4.78, 5) is 18.3. The molecule has 2 aliphatic rings. The van der Waals surface area contributed by atoms with Crippen molar-refractivity contribution < 1.29 is 4.79 Å². The third kappa shape index (κ3) is 2.37. The van der Waals surface area contributed by atoms with Gasteiger partial charge in [-0.3, -0.25) is 9.89 Å². The Morgan fingerprint density at radius 2 is 2.14 bits per heavy atom. The van der Waals surface area contributed by atoms with Gasteiger partial charge in [-0.2, -0.15) is 5.10 Å². The van der Waals surface area contributed by atoms with Gasteiger partial charge in [-0.05, 0) is 38.5 Å². The lowest BCUT2D eigenvalue weighted by atomic mass is 10.2. The molecule has 21 heavy (non-hydrogen) atoms. The van der Waals surface area contributed by atoms with Crippen molar-refractivity contribution in [1.82, 2.24) is 20.5 Å². The zero-order valence-corrected chi connectivity index (χ0v) is 12.7. The maximum Gasteiger partial charge on any atom is 0.272 e. The summed E-state index contributed by atoms with van der Waals surface area (Å²) in [6.07, 6.45) is 7.46. The molecule has 0 atom stereocenters. The lowest BCUT2D eigenvalue weighted by Gasteiger charge is -2.02. The Kier molecular flexibility index (Phi) is 3.25. The summed E-state index contributed by atoms with van der Waals surface area (Å²) >= 11 is 1.81. The van der Waals surface area contributed by atoms with Gasteiger partial charge in [0.15, 0.2) is 5.69 Å². The molecule has 6 heteroatoms. The predicted octanol–water partition coefficient (Wildman–Crippen LogP) is 1.82. The van der Waals surface area contributed by atoms with Gasteiger partial charge in [0, 0.05) is 29.1 Å². The van der Waals surface area contributed by atoms with Crippen LogP contribution in [0, 0.1) is 0 Å². The average Bonchev–Trinajstić information content (AvgIpc) is 3.18. The summed E-state index contributed by atoms with van der Waals surface area (Å²) in [6, 6.07) is 0. The number of aromatic nitrogens is 3. The Bertz CT molecular complexity index is 666. The van der Waals surface area contributed by atoms with Crippen LogP contribution in [0.25, 0.3) is 0 Å². The summed E-state index contributed by atoms with van der Waals surface area (Å²) in [5, 5.41) is 11.3. The van der Waals surface area contributed by atoms with Gasteiger partial charge in [-0.15, -0.1) is 11.3 Å². The van der Waals surface area contributed by atoms with E-state index in [1.165, 1.54) is 23.4 Å². The fraction of sp³-hybridized carbons (Fsp3) is 0.533. The van der Waals surface area contributed by atoms with E-state index < -0.39 is 0 Å². The van der Waals surface area contributed by atoms with E-state index in [-0.39, 0.29) is 5.91 Å². The number of fused-ring (bicyclic) bond motifs is 2. The molecule has 0 saturated carbocycles. The molecule has 2 aliphatic carbocycles. The van der Waals surface area contributed by atoms with Gasteiger partial charge < -0.3 is 5.32 Å². The van der Waals surface area contributed by atoms with Crippen molar-refractivity contribution in [2.75, 3.05) is 6.54 Å². The number of hydrogen-bond acceptors (Lipinski definition) is 4. The number of aryl methyl sites for hydroxylation is 3. The number of thiazole rings is 1. The molecule has 110 valence electrons. The molecule has 2 aromatic rings. The molecule has 0 aliphatic heterocycles. The highest BCUT2D eigenvalue weighted by Gasteiger charge is 2.23. The molecule has 4 rings (SSSR count). The Morgan fingerprint density at radius 3 is 3.05 bits per heavy atom. The Morgan fingerprint density at radius 1 is 1.24 bits per heavy atom. The van der Waals surface area contributed by atoms with Crippen molar-refractivity contribution in [2.24, 2.45) is 0 Å². The first kappa shape index (κ1) is 13.0. The first-order valence-corrected chi connectivity index (χ1v) is 8.44. The number of carbonyl (C=O) groups excluding carboxylic acids is 1. The van der Waals surface area contributed by atoms with E-state index in [9.17, 15) is 4.79 Å². The second-order valence-electron chi connectivity index (χ2n) is 5.72. The quantitative estimate of drug-likeness (QED) is 0.905. The average molecular weight is 302 g/mol. The molecule has 0 aromatic carbocycles. The first-order valence-electron chi connectivity index (χ1n) is 7.63. The molecule has 2 N–H and O–H groups in total. The van der Waals surface area contributed by atoms with Crippen LogP contribution in [-0.2, 0) is 32.1 Å². The van der Waals surface area contributed by atoms with E-state index >= 15 is 0 Å². The summed E-state index contributed by atoms with van der Waals surface area (Å²) in [6.45, 7) is 0.632. The minimum absolute atomic E-state index is 0.0569. The number of carbonyl (C=O) groups is 1. The van der Waals surface area contributed by atoms with Crippen molar-refractivity contribution >= 4 is 17.2 Å². The van der Waals surface area contributed by atoms with Crippen molar-refractivity contribution in [3.63, 3.8) is 0 Å². The number of nitrogens with zero attached hydrogens (tertiary/aromatic N) is 2. The highest BCUT2D eigenvalue weighted by atomic mass is 32.1. The first-order chi connectivity index (χ1) is 10.3. The number of hydrogen-bond donors (Lipinski definition) is 2. The summed E-state index contributed by atoms with van der Waals surface area (Å²) < 4.78 is 0. The third-order valence-electron chi connectivity index (χ3n) is 4.29. The molecule has 2 aromatic heterocycles. The van der Waals surface area contributed by atoms with Crippen LogP contribution in [0.3, 0.4) is 0 Å². The van der Waals surface area contributed by atoms with Crippen molar-refractivity contribution in [2.45, 2.75) is 44.9 Å². The molecule has 0 bridgehead atoms. The van der Waals surface area contributed by atoms with Crippen molar-refractivity contribution in [3.05, 3.63) is 32.5 Å². The van der Waals surface area contributed by atoms with Crippen LogP contribution in [0.2, 0.25) is 0 Å². The van der Waals surface area contributed by atoms with Crippen LogP contribution in [0.5, 0.6) is 0 Å². The molecule has 0 radical (unpaired) electrons. The minimum atomic E-state index is -0.0569. The standard InChI is InChI=1S/C15H18N4OS/c20-15(14-9-3-1-4-10(9)18-19-14)16-8-7-13-17-11-5-2-6-12(11)21-13/h1-8H2,(H,16,20)(H,18,19). The number of aromatic amines is 1. The van der Waals surface area contributed by atoms with Gasteiger partial charge >= 0.3 is 0 Å². The zero-order valence-electron chi connectivity index (χ0n) is 11.9. The van der Waals surface area contributed by atoms with Crippen LogP contribution >= 0.6 is 11.3 Å². The van der Waals surface area contributed by atoms with Crippen molar-refractivity contribution in [1.29, 1.82) is 0 Å². The van der Waals surface area contributed by atoms with E-state index in [1.54, 1.807) is 0 Å². The molecule has 2 heterocycles. The molecular weight excluding hydrogens is 284 g/mol. The number of H-pyrrole nitrogens is 1. The summed E-state index contributed by atoms with van der Waals surface area (Å²) in [5.74, 6) is -0.0569. The van der Waals surface area contributed by atoms with Gasteiger partial charge in [-0.25, -0.2) is 4.98 Å². The van der Waals surface area contributed by atoms with Gasteiger partial charge in [0.2, 0.25) is 0 Å². The van der Waals surface area contributed by atoms with E-state index in [2.05, 4.69) is 20.5 Å². The van der Waals surface area contributed by atoms with Crippen molar-refractivity contribution in [3.8, 4) is 0 Å². The third-order valence-corrected chi connectivity index (χ3v) is 5.50. The lowest BCUT2D eigenvalue weighted by molar-refractivity contribution is 0.0948. The lowest BCUT2D eigenvalue weighted by Crippen LogP contribution is -2.26. The topological polar surface area (TPSA) is 70.7 Å².